The molecule has 1 N–H and O–H groups in total. The molecule has 86 valence electrons. The van der Waals surface area contributed by atoms with Gasteiger partial charge in [-0.1, -0.05) is 0 Å². The molecule has 0 aromatic heterocycles. The molecule has 2 aliphatic heterocycles. The molecule has 0 saturated carbocycles. The van der Waals surface area contributed by atoms with Crippen LogP contribution in [0.3, 0.4) is 0 Å². The molecular weight excluding hydrogens is 226 g/mol. The third kappa shape index (κ3) is 1.60. The number of methoxy groups -OCH3 is 1. The highest BCUT2D eigenvalue weighted by atomic mass is 32.2. The molecule has 2 aliphatic rings. The van der Waals surface area contributed by atoms with Crippen molar-refractivity contribution >= 4 is 11.8 Å². The minimum Gasteiger partial charge on any atom is -0.493 e. The number of ether oxygens (including phenoxy) is 3. The summed E-state index contributed by atoms with van der Waals surface area (Å²) in [4.78, 5) is 0. The lowest BCUT2D eigenvalue weighted by atomic mass is 10.2. The Morgan fingerprint density at radius 3 is 3.12 bits per heavy atom. The second kappa shape index (κ2) is 4.07. The van der Waals surface area contributed by atoms with E-state index < -0.39 is 0 Å². The van der Waals surface area contributed by atoms with E-state index >= 15 is 0 Å². The summed E-state index contributed by atoms with van der Waals surface area (Å²) >= 11 is 1.90. The summed E-state index contributed by atoms with van der Waals surface area (Å²) in [5.41, 5.74) is 1.18. The maximum Gasteiger partial charge on any atom is 0.231 e. The number of fused-ring (bicyclic) bond motifs is 1. The number of hydrogen-bond donors (Lipinski definition) is 1. The highest BCUT2D eigenvalue weighted by Crippen LogP contribution is 2.44. The molecule has 1 atom stereocenters. The number of thioether (sulfide) groups is 1. The fourth-order valence-corrected chi connectivity index (χ4v) is 2.98. The van der Waals surface area contributed by atoms with Gasteiger partial charge in [-0.15, -0.1) is 11.8 Å². The zero-order chi connectivity index (χ0) is 11.0. The second-order valence-electron chi connectivity index (χ2n) is 3.66. The molecule has 0 amide bonds. The summed E-state index contributed by atoms with van der Waals surface area (Å²) in [6.45, 7) is 1.33. The van der Waals surface area contributed by atoms with E-state index in [9.17, 15) is 0 Å². The van der Waals surface area contributed by atoms with Gasteiger partial charge in [0.1, 0.15) is 0 Å². The molecule has 0 aliphatic carbocycles. The molecule has 4 nitrogen and oxygen atoms in total. The van der Waals surface area contributed by atoms with Crippen LogP contribution in [0.4, 0.5) is 0 Å². The molecule has 1 aromatic carbocycles. The highest BCUT2D eigenvalue weighted by Gasteiger charge is 2.24. The average Bonchev–Trinajstić information content (AvgIpc) is 2.97. The Balaban J connectivity index is 2.00. The highest BCUT2D eigenvalue weighted by molar-refractivity contribution is 7.99. The molecule has 0 bridgehead atoms. The van der Waals surface area contributed by atoms with Gasteiger partial charge >= 0.3 is 0 Å². The summed E-state index contributed by atoms with van der Waals surface area (Å²) in [5.74, 6) is 3.39. The van der Waals surface area contributed by atoms with E-state index in [2.05, 4.69) is 5.32 Å². The molecule has 1 fully saturated rings. The maximum absolute atomic E-state index is 5.40. The van der Waals surface area contributed by atoms with Crippen LogP contribution in [-0.4, -0.2) is 26.2 Å². The van der Waals surface area contributed by atoms with Gasteiger partial charge in [0.25, 0.3) is 0 Å². The average molecular weight is 239 g/mol. The van der Waals surface area contributed by atoms with Crippen molar-refractivity contribution in [2.24, 2.45) is 0 Å². The van der Waals surface area contributed by atoms with Crippen LogP contribution in [0.5, 0.6) is 17.2 Å². The second-order valence-corrected chi connectivity index (χ2v) is 4.87. The molecule has 3 rings (SSSR count). The summed E-state index contributed by atoms with van der Waals surface area (Å²) in [7, 11) is 1.65. The lowest BCUT2D eigenvalue weighted by Crippen LogP contribution is -2.12. The Morgan fingerprint density at radius 2 is 2.38 bits per heavy atom. The molecular formula is C11H13NO3S. The van der Waals surface area contributed by atoms with Crippen LogP contribution in [0.15, 0.2) is 12.1 Å². The summed E-state index contributed by atoms with van der Waals surface area (Å²) in [5, 5.41) is 3.76. The van der Waals surface area contributed by atoms with Crippen LogP contribution in [0.2, 0.25) is 0 Å². The lowest BCUT2D eigenvalue weighted by molar-refractivity contribution is 0.171. The van der Waals surface area contributed by atoms with Crippen LogP contribution in [0, 0.1) is 0 Å². The Kier molecular flexibility index (Phi) is 2.57. The number of rotatable bonds is 2. The van der Waals surface area contributed by atoms with Crippen molar-refractivity contribution in [3.63, 3.8) is 0 Å². The van der Waals surface area contributed by atoms with Crippen molar-refractivity contribution in [1.29, 1.82) is 0 Å². The fraction of sp³-hybridized carbons (Fsp3) is 0.455. The van der Waals surface area contributed by atoms with Gasteiger partial charge in [0.2, 0.25) is 12.5 Å². The Morgan fingerprint density at radius 1 is 1.44 bits per heavy atom. The first-order valence-corrected chi connectivity index (χ1v) is 6.26. The topological polar surface area (TPSA) is 39.7 Å². The SMILES string of the molecule is COc1cc(C2NCCS2)cc2c1OCO2. The Labute approximate surface area is 98.3 Å². The van der Waals surface area contributed by atoms with E-state index in [1.54, 1.807) is 7.11 Å². The first-order valence-electron chi connectivity index (χ1n) is 5.21. The van der Waals surface area contributed by atoms with Gasteiger partial charge in [-0.25, -0.2) is 0 Å². The predicted octanol–water partition coefficient (Wildman–Crippen LogP) is 1.76. The molecule has 16 heavy (non-hydrogen) atoms. The first kappa shape index (κ1) is 10.1. The smallest absolute Gasteiger partial charge is 0.231 e. The summed E-state index contributed by atoms with van der Waals surface area (Å²) < 4.78 is 16.1. The molecule has 2 heterocycles. The molecule has 1 saturated heterocycles. The van der Waals surface area contributed by atoms with Crippen molar-refractivity contribution in [2.75, 3.05) is 26.2 Å². The summed E-state index contributed by atoms with van der Waals surface area (Å²) in [6, 6.07) is 4.05. The van der Waals surface area contributed by atoms with Crippen LogP contribution >= 0.6 is 11.8 Å². The van der Waals surface area contributed by atoms with Crippen molar-refractivity contribution in [3.8, 4) is 17.2 Å². The van der Waals surface area contributed by atoms with Crippen LogP contribution < -0.4 is 19.5 Å². The van der Waals surface area contributed by atoms with Gasteiger partial charge < -0.3 is 19.5 Å². The van der Waals surface area contributed by atoms with E-state index in [-0.39, 0.29) is 6.79 Å². The van der Waals surface area contributed by atoms with Crippen LogP contribution in [0.1, 0.15) is 10.9 Å². The van der Waals surface area contributed by atoms with E-state index in [0.29, 0.717) is 11.1 Å². The standard InChI is InChI=1S/C11H13NO3S/c1-13-8-4-7(11-12-2-3-16-11)5-9-10(8)15-6-14-9/h4-5,11-12H,2-3,6H2,1H3. The lowest BCUT2D eigenvalue weighted by Gasteiger charge is -2.12. The minimum atomic E-state index is 0.278. The Bertz CT molecular complexity index is 404. The number of benzene rings is 1. The monoisotopic (exact) mass is 239 g/mol. The van der Waals surface area contributed by atoms with Gasteiger partial charge in [0.05, 0.1) is 12.5 Å². The van der Waals surface area contributed by atoms with Gasteiger partial charge in [-0.2, -0.15) is 0 Å². The van der Waals surface area contributed by atoms with Crippen molar-refractivity contribution in [1.82, 2.24) is 5.32 Å². The quantitative estimate of drug-likeness (QED) is 0.851. The van der Waals surface area contributed by atoms with E-state index in [1.807, 2.05) is 23.9 Å². The molecule has 1 unspecified atom stereocenters. The first-order chi connectivity index (χ1) is 7.88. The molecule has 0 spiro atoms. The number of hydrogen-bond acceptors (Lipinski definition) is 5. The van der Waals surface area contributed by atoms with Crippen molar-refractivity contribution in [2.45, 2.75) is 5.37 Å². The zero-order valence-corrected chi connectivity index (χ0v) is 9.80. The van der Waals surface area contributed by atoms with Crippen molar-refractivity contribution < 1.29 is 14.2 Å². The summed E-state index contributed by atoms with van der Waals surface area (Å²) in [6.07, 6.45) is 0. The molecule has 5 heteroatoms. The van der Waals surface area contributed by atoms with Crippen molar-refractivity contribution in [3.05, 3.63) is 17.7 Å². The van der Waals surface area contributed by atoms with E-state index in [0.717, 1.165) is 23.8 Å². The molecule has 1 aromatic rings. The normalized spacial score (nSPS) is 22.4. The van der Waals surface area contributed by atoms with Crippen LogP contribution in [0.25, 0.3) is 0 Å². The van der Waals surface area contributed by atoms with Gasteiger partial charge in [-0.3, -0.25) is 0 Å². The minimum absolute atomic E-state index is 0.278. The predicted molar refractivity (Wildman–Crippen MR) is 62.3 cm³/mol. The fourth-order valence-electron chi connectivity index (χ4n) is 1.94. The van der Waals surface area contributed by atoms with Gasteiger partial charge in [0, 0.05) is 12.3 Å². The third-order valence-electron chi connectivity index (χ3n) is 2.70. The third-order valence-corrected chi connectivity index (χ3v) is 3.91. The molecule has 0 radical (unpaired) electrons. The number of nitrogens with one attached hydrogen (secondary N) is 1. The van der Waals surface area contributed by atoms with E-state index in [4.69, 9.17) is 14.2 Å². The van der Waals surface area contributed by atoms with Crippen LogP contribution in [-0.2, 0) is 0 Å². The zero-order valence-electron chi connectivity index (χ0n) is 8.99. The van der Waals surface area contributed by atoms with Gasteiger partial charge in [-0.05, 0) is 17.7 Å². The maximum atomic E-state index is 5.40. The van der Waals surface area contributed by atoms with E-state index in [1.165, 1.54) is 5.56 Å². The Hall–Kier alpha value is -1.07. The largest absolute Gasteiger partial charge is 0.493 e. The van der Waals surface area contributed by atoms with Gasteiger partial charge in [0.15, 0.2) is 11.5 Å².